The van der Waals surface area contributed by atoms with Crippen molar-refractivity contribution in [2.75, 3.05) is 6.66 Å². The van der Waals surface area contributed by atoms with E-state index in [0.29, 0.717) is 0 Å². The number of nitrogens with zero attached hydrogens (tertiary/aromatic N) is 1. The molecule has 0 spiro atoms. The number of rotatable bonds is 1. The Labute approximate surface area is 50.9 Å². The Kier molecular flexibility index (Phi) is 1.99. The average molecular weight is 125 g/mol. The van der Waals surface area contributed by atoms with Crippen molar-refractivity contribution in [1.29, 1.82) is 0 Å². The summed E-state index contributed by atoms with van der Waals surface area (Å²) in [6.45, 7) is 2.16. The van der Waals surface area contributed by atoms with Gasteiger partial charge in [-0.25, -0.2) is 0 Å². The predicted molar refractivity (Wildman–Crippen MR) is 38.1 cm³/mol. The molecule has 42 valence electrons. The lowest BCUT2D eigenvalue weighted by Gasteiger charge is -1.89. The maximum atomic E-state index is 3.90. The topological polar surface area (TPSA) is 12.9 Å². The highest BCUT2D eigenvalue weighted by Crippen LogP contribution is 1.99. The molecule has 1 nitrogen and oxygen atoms in total. The summed E-state index contributed by atoms with van der Waals surface area (Å²) in [7, 11) is 0.890. The first-order valence-corrected chi connectivity index (χ1v) is 4.01. The Balaban J connectivity index is 2.83. The van der Waals surface area contributed by atoms with Gasteiger partial charge in [0.2, 0.25) is 0 Å². The minimum atomic E-state index is 0.890. The molecule has 1 aromatic heterocycles. The molecule has 1 atom stereocenters. The number of pyridine rings is 1. The highest BCUT2D eigenvalue weighted by molar-refractivity contribution is 7.46. The summed E-state index contributed by atoms with van der Waals surface area (Å²) in [5, 5.41) is 1.38. The van der Waals surface area contributed by atoms with Crippen molar-refractivity contribution in [3.05, 3.63) is 24.5 Å². The monoisotopic (exact) mass is 125 g/mol. The van der Waals surface area contributed by atoms with Crippen molar-refractivity contribution in [2.45, 2.75) is 0 Å². The molecule has 0 saturated carbocycles. The van der Waals surface area contributed by atoms with E-state index < -0.39 is 0 Å². The van der Waals surface area contributed by atoms with E-state index in [-0.39, 0.29) is 0 Å². The maximum absolute atomic E-state index is 3.90. The Bertz CT molecular complexity index is 150. The second kappa shape index (κ2) is 2.78. The molecule has 1 rings (SSSR count). The van der Waals surface area contributed by atoms with Crippen molar-refractivity contribution in [2.24, 2.45) is 0 Å². The number of hydrogen-bond donors (Lipinski definition) is 0. The normalized spacial score (nSPS) is 10.6. The van der Waals surface area contributed by atoms with Crippen molar-refractivity contribution < 1.29 is 0 Å². The molecule has 0 saturated heterocycles. The zero-order valence-corrected chi connectivity index (χ0v) is 5.76. The third kappa shape index (κ3) is 1.28. The van der Waals surface area contributed by atoms with Crippen molar-refractivity contribution in [3.63, 3.8) is 0 Å². The summed E-state index contributed by atoms with van der Waals surface area (Å²) < 4.78 is 0. The lowest BCUT2D eigenvalue weighted by atomic mass is 10.5. The highest BCUT2D eigenvalue weighted by Gasteiger charge is 1.80. The van der Waals surface area contributed by atoms with Crippen molar-refractivity contribution in [1.82, 2.24) is 4.98 Å². The Hall–Kier alpha value is -0.420. The highest BCUT2D eigenvalue weighted by atomic mass is 31.1. The van der Waals surface area contributed by atoms with Crippen LogP contribution in [0.3, 0.4) is 0 Å². The van der Waals surface area contributed by atoms with Gasteiger partial charge < -0.3 is 0 Å². The molecule has 1 heterocycles. The molecule has 0 fully saturated rings. The second-order valence-electron chi connectivity index (χ2n) is 1.49. The average Bonchev–Trinajstić information content (AvgIpc) is 1.90. The van der Waals surface area contributed by atoms with Crippen LogP contribution in [0.15, 0.2) is 24.5 Å². The van der Waals surface area contributed by atoms with Crippen LogP contribution in [0, 0.1) is 0 Å². The van der Waals surface area contributed by atoms with Gasteiger partial charge in [-0.2, -0.15) is 0 Å². The first-order valence-electron chi connectivity index (χ1n) is 2.51. The smallest absolute Gasteiger partial charge is 0.0274 e. The zero-order valence-electron chi connectivity index (χ0n) is 4.76. The number of aromatic nitrogens is 1. The van der Waals surface area contributed by atoms with E-state index in [1.165, 1.54) is 5.30 Å². The lowest BCUT2D eigenvalue weighted by molar-refractivity contribution is 1.34. The molecule has 8 heavy (non-hydrogen) atoms. The molecule has 0 aliphatic rings. The standard InChI is InChI=1S/C6H8NP/c1-8-6-2-4-7-5-3-6/h2-5,8H,1H3. The fourth-order valence-electron chi connectivity index (χ4n) is 0.519. The van der Waals surface area contributed by atoms with Crippen LogP contribution in [-0.4, -0.2) is 11.6 Å². The molecule has 1 unspecified atom stereocenters. The van der Waals surface area contributed by atoms with Gasteiger partial charge in [-0.1, -0.05) is 8.58 Å². The van der Waals surface area contributed by atoms with Crippen molar-refractivity contribution >= 4 is 13.9 Å². The molecule has 1 aromatic rings. The van der Waals surface area contributed by atoms with Crippen LogP contribution >= 0.6 is 8.58 Å². The molecular weight excluding hydrogens is 117 g/mol. The molecule has 0 aliphatic carbocycles. The van der Waals surface area contributed by atoms with Crippen LogP contribution in [0.2, 0.25) is 0 Å². The van der Waals surface area contributed by atoms with Crippen LogP contribution < -0.4 is 5.30 Å². The largest absolute Gasteiger partial charge is 0.265 e. The lowest BCUT2D eigenvalue weighted by Crippen LogP contribution is -1.89. The van der Waals surface area contributed by atoms with E-state index in [1.54, 1.807) is 0 Å². The Morgan fingerprint density at radius 1 is 1.38 bits per heavy atom. The van der Waals surface area contributed by atoms with Gasteiger partial charge in [0.15, 0.2) is 0 Å². The molecule has 0 bridgehead atoms. The summed E-state index contributed by atoms with van der Waals surface area (Å²) in [5.74, 6) is 0. The van der Waals surface area contributed by atoms with E-state index in [4.69, 9.17) is 0 Å². The van der Waals surface area contributed by atoms with Crippen LogP contribution in [-0.2, 0) is 0 Å². The summed E-state index contributed by atoms with van der Waals surface area (Å²) >= 11 is 0. The third-order valence-corrected chi connectivity index (χ3v) is 1.88. The van der Waals surface area contributed by atoms with Gasteiger partial charge in [-0.05, 0) is 24.1 Å². The van der Waals surface area contributed by atoms with Gasteiger partial charge >= 0.3 is 0 Å². The van der Waals surface area contributed by atoms with Gasteiger partial charge in [-0.15, -0.1) is 0 Å². The summed E-state index contributed by atoms with van der Waals surface area (Å²) in [5.41, 5.74) is 0. The van der Waals surface area contributed by atoms with Gasteiger partial charge in [0, 0.05) is 12.4 Å². The molecule has 0 amide bonds. The van der Waals surface area contributed by atoms with E-state index in [0.717, 1.165) is 8.58 Å². The minimum Gasteiger partial charge on any atom is -0.265 e. The van der Waals surface area contributed by atoms with Gasteiger partial charge in [0.25, 0.3) is 0 Å². The van der Waals surface area contributed by atoms with E-state index in [9.17, 15) is 0 Å². The first-order chi connectivity index (χ1) is 3.93. The molecular formula is C6H8NP. The van der Waals surface area contributed by atoms with Gasteiger partial charge in [-0.3, -0.25) is 4.98 Å². The van der Waals surface area contributed by atoms with Gasteiger partial charge in [0.1, 0.15) is 0 Å². The quantitative estimate of drug-likeness (QED) is 0.510. The predicted octanol–water partition coefficient (Wildman–Crippen LogP) is 1.02. The van der Waals surface area contributed by atoms with E-state index in [1.807, 2.05) is 24.5 Å². The fourth-order valence-corrected chi connectivity index (χ4v) is 1.00. The molecule has 0 N–H and O–H groups in total. The van der Waals surface area contributed by atoms with Gasteiger partial charge in [0.05, 0.1) is 0 Å². The maximum Gasteiger partial charge on any atom is 0.0274 e. The first kappa shape index (κ1) is 5.71. The molecule has 0 radical (unpaired) electrons. The van der Waals surface area contributed by atoms with E-state index in [2.05, 4.69) is 11.6 Å². The van der Waals surface area contributed by atoms with Crippen LogP contribution in [0.4, 0.5) is 0 Å². The zero-order chi connectivity index (χ0) is 5.82. The molecule has 0 aromatic carbocycles. The third-order valence-electron chi connectivity index (χ3n) is 0.969. The molecule has 0 aliphatic heterocycles. The van der Waals surface area contributed by atoms with Crippen LogP contribution in [0.25, 0.3) is 0 Å². The fraction of sp³-hybridized carbons (Fsp3) is 0.167. The Morgan fingerprint density at radius 2 is 2.00 bits per heavy atom. The molecule has 2 heteroatoms. The second-order valence-corrected chi connectivity index (χ2v) is 2.56. The van der Waals surface area contributed by atoms with Crippen molar-refractivity contribution in [3.8, 4) is 0 Å². The van der Waals surface area contributed by atoms with Crippen LogP contribution in [0.1, 0.15) is 0 Å². The number of hydrogen-bond acceptors (Lipinski definition) is 1. The van der Waals surface area contributed by atoms with Crippen LogP contribution in [0.5, 0.6) is 0 Å². The van der Waals surface area contributed by atoms with E-state index >= 15 is 0 Å². The summed E-state index contributed by atoms with van der Waals surface area (Å²) in [6, 6.07) is 4.08. The summed E-state index contributed by atoms with van der Waals surface area (Å²) in [6.07, 6.45) is 3.65. The summed E-state index contributed by atoms with van der Waals surface area (Å²) in [4.78, 5) is 3.90. The SMILES string of the molecule is CPc1ccncc1. The minimum absolute atomic E-state index is 0.890. The Morgan fingerprint density at radius 3 is 2.38 bits per heavy atom.